The Labute approximate surface area is 141 Å². The summed E-state index contributed by atoms with van der Waals surface area (Å²) in [5, 5.41) is 14.3. The molecule has 0 saturated heterocycles. The second-order valence-electron chi connectivity index (χ2n) is 6.52. The Morgan fingerprint density at radius 3 is 2.83 bits per heavy atom. The van der Waals surface area contributed by atoms with Gasteiger partial charge in [-0.05, 0) is 23.6 Å². The van der Waals surface area contributed by atoms with E-state index in [2.05, 4.69) is 41.2 Å². The molecule has 0 unspecified atom stereocenters. The zero-order chi connectivity index (χ0) is 16.7. The summed E-state index contributed by atoms with van der Waals surface area (Å²) in [4.78, 5) is 0. The lowest BCUT2D eigenvalue weighted by Crippen LogP contribution is -2.06. The van der Waals surface area contributed by atoms with Crippen LogP contribution in [0.4, 0.5) is 5.69 Å². The van der Waals surface area contributed by atoms with Crippen molar-refractivity contribution in [1.82, 2.24) is 4.57 Å². The first-order chi connectivity index (χ1) is 11.7. The second-order valence-corrected chi connectivity index (χ2v) is 6.52. The van der Waals surface area contributed by atoms with Crippen LogP contribution in [0.15, 0.2) is 42.6 Å². The van der Waals surface area contributed by atoms with Crippen LogP contribution in [0.5, 0.6) is 5.75 Å². The van der Waals surface area contributed by atoms with Crippen LogP contribution in [0.3, 0.4) is 0 Å². The molecule has 1 atom stereocenters. The van der Waals surface area contributed by atoms with Crippen molar-refractivity contribution in [3.05, 3.63) is 59.3 Å². The highest BCUT2D eigenvalue weighted by atomic mass is 16.5. The monoisotopic (exact) mass is 322 g/mol. The SMILES string of the molecule is Cc1cn(C)c2c(OCc3ccccc3)cc3c(c12)[C@H](CO)CN3. The van der Waals surface area contributed by atoms with E-state index >= 15 is 0 Å². The third kappa shape index (κ3) is 2.34. The smallest absolute Gasteiger partial charge is 0.146 e. The number of anilines is 1. The van der Waals surface area contributed by atoms with E-state index in [1.165, 1.54) is 16.5 Å². The molecule has 1 aromatic heterocycles. The molecule has 4 rings (SSSR count). The molecule has 2 aromatic carbocycles. The van der Waals surface area contributed by atoms with Crippen molar-refractivity contribution >= 4 is 16.6 Å². The Morgan fingerprint density at radius 2 is 2.08 bits per heavy atom. The van der Waals surface area contributed by atoms with Crippen LogP contribution in [0.2, 0.25) is 0 Å². The van der Waals surface area contributed by atoms with Gasteiger partial charge in [0.15, 0.2) is 0 Å². The van der Waals surface area contributed by atoms with E-state index in [1.54, 1.807) is 0 Å². The van der Waals surface area contributed by atoms with Gasteiger partial charge in [0.2, 0.25) is 0 Å². The molecule has 0 spiro atoms. The van der Waals surface area contributed by atoms with E-state index in [9.17, 15) is 5.11 Å². The fourth-order valence-electron chi connectivity index (χ4n) is 3.74. The zero-order valence-corrected chi connectivity index (χ0v) is 14.0. The average Bonchev–Trinajstić information content (AvgIpc) is 3.14. The van der Waals surface area contributed by atoms with E-state index in [4.69, 9.17) is 4.74 Å². The third-order valence-electron chi connectivity index (χ3n) is 4.84. The van der Waals surface area contributed by atoms with Crippen molar-refractivity contribution in [3.63, 3.8) is 0 Å². The third-order valence-corrected chi connectivity index (χ3v) is 4.84. The van der Waals surface area contributed by atoms with Gasteiger partial charge >= 0.3 is 0 Å². The summed E-state index contributed by atoms with van der Waals surface area (Å²) in [6, 6.07) is 12.3. The van der Waals surface area contributed by atoms with Gasteiger partial charge in [0.25, 0.3) is 0 Å². The van der Waals surface area contributed by atoms with E-state index in [1.807, 2.05) is 25.2 Å². The number of fused-ring (bicyclic) bond motifs is 3. The summed E-state index contributed by atoms with van der Waals surface area (Å²) in [6.45, 7) is 3.60. The van der Waals surface area contributed by atoms with Crippen LogP contribution in [0, 0.1) is 6.92 Å². The van der Waals surface area contributed by atoms with Crippen LogP contribution in [0.1, 0.15) is 22.6 Å². The summed E-state index contributed by atoms with van der Waals surface area (Å²) in [5.41, 5.74) is 5.77. The first-order valence-corrected chi connectivity index (χ1v) is 8.33. The van der Waals surface area contributed by atoms with Gasteiger partial charge in [0, 0.05) is 42.8 Å². The number of benzene rings is 2. The normalized spacial score (nSPS) is 16.2. The minimum atomic E-state index is 0.145. The Morgan fingerprint density at radius 1 is 1.29 bits per heavy atom. The molecule has 124 valence electrons. The fraction of sp³-hybridized carbons (Fsp3) is 0.300. The molecule has 0 aliphatic carbocycles. The van der Waals surface area contributed by atoms with Gasteiger partial charge in [0.05, 0.1) is 12.1 Å². The van der Waals surface area contributed by atoms with Crippen LogP contribution in [0.25, 0.3) is 10.9 Å². The van der Waals surface area contributed by atoms with E-state index < -0.39 is 0 Å². The molecule has 2 N–H and O–H groups in total. The maximum atomic E-state index is 9.71. The molecule has 24 heavy (non-hydrogen) atoms. The zero-order valence-electron chi connectivity index (χ0n) is 14.0. The summed E-state index contributed by atoms with van der Waals surface area (Å²) >= 11 is 0. The molecular formula is C20H22N2O2. The molecule has 4 nitrogen and oxygen atoms in total. The number of aromatic nitrogens is 1. The molecule has 2 heterocycles. The Balaban J connectivity index is 1.81. The number of nitrogens with one attached hydrogen (secondary N) is 1. The van der Waals surface area contributed by atoms with Crippen molar-refractivity contribution in [1.29, 1.82) is 0 Å². The van der Waals surface area contributed by atoms with E-state index in [0.29, 0.717) is 6.61 Å². The topological polar surface area (TPSA) is 46.4 Å². The van der Waals surface area contributed by atoms with Gasteiger partial charge in [-0.2, -0.15) is 0 Å². The lowest BCUT2D eigenvalue weighted by Gasteiger charge is -2.14. The number of aliphatic hydroxyl groups excluding tert-OH is 1. The van der Waals surface area contributed by atoms with Gasteiger partial charge in [-0.3, -0.25) is 0 Å². The van der Waals surface area contributed by atoms with Crippen LogP contribution >= 0.6 is 0 Å². The van der Waals surface area contributed by atoms with Gasteiger partial charge in [-0.25, -0.2) is 0 Å². The highest BCUT2D eigenvalue weighted by Gasteiger charge is 2.28. The summed E-state index contributed by atoms with van der Waals surface area (Å²) in [6.07, 6.45) is 2.13. The fourth-order valence-corrected chi connectivity index (χ4v) is 3.74. The minimum absolute atomic E-state index is 0.145. The van der Waals surface area contributed by atoms with Crippen LogP contribution < -0.4 is 10.1 Å². The van der Waals surface area contributed by atoms with Crippen LogP contribution in [-0.2, 0) is 13.7 Å². The van der Waals surface area contributed by atoms with Crippen molar-refractivity contribution in [2.24, 2.45) is 7.05 Å². The molecule has 0 bridgehead atoms. The highest BCUT2D eigenvalue weighted by Crippen LogP contribution is 2.44. The molecule has 0 saturated carbocycles. The number of nitrogens with zero attached hydrogens (tertiary/aromatic N) is 1. The molecule has 1 aliphatic rings. The van der Waals surface area contributed by atoms with Crippen molar-refractivity contribution in [2.75, 3.05) is 18.5 Å². The Kier molecular flexibility index (Phi) is 3.69. The molecule has 0 fully saturated rings. The number of ether oxygens (including phenoxy) is 1. The summed E-state index contributed by atoms with van der Waals surface area (Å²) in [5.74, 6) is 1.03. The highest BCUT2D eigenvalue weighted by molar-refractivity contribution is 5.97. The standard InChI is InChI=1S/C20H22N2O2/c1-13-10-22(2)20-17(24-12-14-6-4-3-5-7-14)8-16-19(18(13)20)15(11-23)9-21-16/h3-8,10,15,21,23H,9,11-12H2,1-2H3/t15-/m0/s1. The Bertz CT molecular complexity index is 884. The predicted molar refractivity (Wildman–Crippen MR) is 96.7 cm³/mol. The molecule has 3 aromatic rings. The molecular weight excluding hydrogens is 300 g/mol. The van der Waals surface area contributed by atoms with Gasteiger partial charge in [-0.1, -0.05) is 30.3 Å². The van der Waals surface area contributed by atoms with Crippen molar-refractivity contribution < 1.29 is 9.84 Å². The minimum Gasteiger partial charge on any atom is -0.487 e. The first-order valence-electron chi connectivity index (χ1n) is 8.33. The predicted octanol–water partition coefficient (Wildman–Crippen LogP) is 3.57. The molecule has 4 heteroatoms. The largest absolute Gasteiger partial charge is 0.487 e. The lowest BCUT2D eigenvalue weighted by molar-refractivity contribution is 0.273. The van der Waals surface area contributed by atoms with Gasteiger partial charge in [-0.15, -0.1) is 0 Å². The molecule has 0 radical (unpaired) electrons. The summed E-state index contributed by atoms with van der Waals surface area (Å²) < 4.78 is 8.29. The van der Waals surface area contributed by atoms with E-state index in [0.717, 1.165) is 29.1 Å². The quantitative estimate of drug-likeness (QED) is 0.772. The Hall–Kier alpha value is -2.46. The number of aryl methyl sites for hydroxylation is 2. The lowest BCUT2D eigenvalue weighted by atomic mass is 9.96. The number of rotatable bonds is 4. The van der Waals surface area contributed by atoms with Crippen molar-refractivity contribution in [2.45, 2.75) is 19.4 Å². The van der Waals surface area contributed by atoms with Gasteiger partial charge in [0.1, 0.15) is 12.4 Å². The maximum absolute atomic E-state index is 9.71. The summed E-state index contributed by atoms with van der Waals surface area (Å²) in [7, 11) is 2.05. The van der Waals surface area contributed by atoms with Crippen LogP contribution in [-0.4, -0.2) is 22.8 Å². The molecule has 0 amide bonds. The van der Waals surface area contributed by atoms with Gasteiger partial charge < -0.3 is 19.7 Å². The van der Waals surface area contributed by atoms with Crippen molar-refractivity contribution in [3.8, 4) is 5.75 Å². The maximum Gasteiger partial charge on any atom is 0.146 e. The first kappa shape index (κ1) is 15.1. The van der Waals surface area contributed by atoms with E-state index in [-0.39, 0.29) is 12.5 Å². The second kappa shape index (κ2) is 5.87. The average molecular weight is 322 g/mol. The number of aliphatic hydroxyl groups is 1. The molecule has 1 aliphatic heterocycles. The number of hydrogen-bond donors (Lipinski definition) is 2. The number of hydrogen-bond acceptors (Lipinski definition) is 3.